The van der Waals surface area contributed by atoms with Gasteiger partial charge in [-0.15, -0.1) is 0 Å². The summed E-state index contributed by atoms with van der Waals surface area (Å²) in [6.45, 7) is 5.06. The molecular weight excluding hydrogens is 326 g/mol. The number of nitrogens with zero attached hydrogens (tertiary/aromatic N) is 3. The fraction of sp³-hybridized carbons (Fsp3) is 0.238. The van der Waals surface area contributed by atoms with Crippen molar-refractivity contribution >= 4 is 11.6 Å². The van der Waals surface area contributed by atoms with E-state index in [1.165, 1.54) is 5.56 Å². The van der Waals surface area contributed by atoms with Crippen molar-refractivity contribution in [2.45, 2.75) is 26.5 Å². The molecule has 2 aromatic carbocycles. The maximum absolute atomic E-state index is 13.0. The minimum atomic E-state index is -0.0228. The van der Waals surface area contributed by atoms with Crippen LogP contribution in [0.5, 0.6) is 5.75 Å². The number of hydrogen-bond donors (Lipinski definition) is 0. The number of fused-ring (bicyclic) bond motifs is 1. The number of aromatic nitrogens is 2. The maximum Gasteiger partial charge on any atom is 0.276 e. The lowest BCUT2D eigenvalue weighted by Crippen LogP contribution is -2.42. The van der Waals surface area contributed by atoms with Crippen molar-refractivity contribution in [3.63, 3.8) is 0 Å². The molecule has 0 fully saturated rings. The molecule has 0 aliphatic carbocycles. The minimum absolute atomic E-state index is 0.0228. The Kier molecular flexibility index (Phi) is 4.21. The number of amides is 1. The van der Waals surface area contributed by atoms with Crippen molar-refractivity contribution in [2.75, 3.05) is 11.4 Å². The lowest BCUT2D eigenvalue weighted by molar-refractivity contribution is 0.0953. The summed E-state index contributed by atoms with van der Waals surface area (Å²) in [5, 5.41) is 4.58. The van der Waals surface area contributed by atoms with Crippen molar-refractivity contribution in [3.05, 3.63) is 77.6 Å². The first-order chi connectivity index (χ1) is 12.6. The first-order valence-electron chi connectivity index (χ1n) is 8.76. The minimum Gasteiger partial charge on any atom is -0.487 e. The summed E-state index contributed by atoms with van der Waals surface area (Å²) in [6.07, 6.45) is 0. The van der Waals surface area contributed by atoms with Crippen molar-refractivity contribution < 1.29 is 9.53 Å². The Morgan fingerprint density at radius 2 is 1.85 bits per heavy atom. The molecule has 4 rings (SSSR count). The molecule has 0 N–H and O–H groups in total. The summed E-state index contributed by atoms with van der Waals surface area (Å²) in [4.78, 5) is 14.8. The molecule has 1 aliphatic heterocycles. The summed E-state index contributed by atoms with van der Waals surface area (Å²) in [7, 11) is 0. The van der Waals surface area contributed by atoms with Crippen LogP contribution >= 0.6 is 0 Å². The van der Waals surface area contributed by atoms with Crippen molar-refractivity contribution in [3.8, 4) is 5.75 Å². The van der Waals surface area contributed by atoms with Gasteiger partial charge < -0.3 is 9.64 Å². The summed E-state index contributed by atoms with van der Waals surface area (Å²) in [5.74, 6) is 0.768. The fourth-order valence-electron chi connectivity index (χ4n) is 3.20. The monoisotopic (exact) mass is 347 g/mol. The Labute approximate surface area is 152 Å². The van der Waals surface area contributed by atoms with Gasteiger partial charge in [0.1, 0.15) is 23.7 Å². The number of carbonyl (C=O) groups excluding carboxylic acids is 1. The van der Waals surface area contributed by atoms with Crippen LogP contribution in [0, 0.1) is 6.92 Å². The molecule has 132 valence electrons. The van der Waals surface area contributed by atoms with Crippen molar-refractivity contribution in [2.24, 2.45) is 0 Å². The smallest absolute Gasteiger partial charge is 0.276 e. The molecule has 1 atom stereocenters. The zero-order valence-electron chi connectivity index (χ0n) is 14.9. The standard InChI is InChI=1S/C21H21N3O2/c1-15-8-10-18(11-9-15)23-13-16(2)24-20(21(23)25)12-17(22-24)14-26-19-6-4-3-5-7-19/h3-12,16H,13-14H2,1-2H3. The van der Waals surface area contributed by atoms with E-state index in [2.05, 4.69) is 12.0 Å². The number of benzene rings is 2. The van der Waals surface area contributed by atoms with E-state index in [1.807, 2.05) is 77.2 Å². The summed E-state index contributed by atoms with van der Waals surface area (Å²) < 4.78 is 7.58. The predicted octanol–water partition coefficient (Wildman–Crippen LogP) is 3.99. The molecule has 1 aromatic heterocycles. The van der Waals surface area contributed by atoms with Gasteiger partial charge >= 0.3 is 0 Å². The number of ether oxygens (including phenoxy) is 1. The van der Waals surface area contributed by atoms with Crippen molar-refractivity contribution in [1.29, 1.82) is 0 Å². The van der Waals surface area contributed by atoms with Gasteiger partial charge in [0.2, 0.25) is 0 Å². The lowest BCUT2D eigenvalue weighted by Gasteiger charge is -2.31. The van der Waals surface area contributed by atoms with Crippen LogP contribution < -0.4 is 9.64 Å². The number of rotatable bonds is 4. The molecule has 0 radical (unpaired) electrons. The number of carbonyl (C=O) groups is 1. The van der Waals surface area contributed by atoms with E-state index < -0.39 is 0 Å². The molecule has 0 saturated heterocycles. The second-order valence-electron chi connectivity index (χ2n) is 6.67. The number of anilines is 1. The normalized spacial score (nSPS) is 16.5. The van der Waals surface area contributed by atoms with Gasteiger partial charge in [0.25, 0.3) is 5.91 Å². The van der Waals surface area contributed by atoms with E-state index in [0.717, 1.165) is 17.1 Å². The third-order valence-electron chi connectivity index (χ3n) is 4.59. The Balaban J connectivity index is 1.56. The zero-order chi connectivity index (χ0) is 18.1. The van der Waals surface area contributed by atoms with Gasteiger partial charge in [0, 0.05) is 12.2 Å². The van der Waals surface area contributed by atoms with Gasteiger partial charge in [0.05, 0.1) is 6.04 Å². The largest absolute Gasteiger partial charge is 0.487 e. The lowest BCUT2D eigenvalue weighted by atomic mass is 10.1. The highest BCUT2D eigenvalue weighted by Gasteiger charge is 2.31. The Morgan fingerprint density at radius 1 is 1.12 bits per heavy atom. The number of aryl methyl sites for hydroxylation is 1. The first-order valence-corrected chi connectivity index (χ1v) is 8.76. The zero-order valence-corrected chi connectivity index (χ0v) is 14.9. The molecule has 3 aromatic rings. The Bertz CT molecular complexity index is 916. The summed E-state index contributed by atoms with van der Waals surface area (Å²) in [6, 6.07) is 19.6. The van der Waals surface area contributed by atoms with Gasteiger partial charge in [-0.3, -0.25) is 9.48 Å². The fourth-order valence-corrected chi connectivity index (χ4v) is 3.20. The molecule has 5 nitrogen and oxygen atoms in total. The third kappa shape index (κ3) is 3.08. The quantitative estimate of drug-likeness (QED) is 0.717. The maximum atomic E-state index is 13.0. The van der Waals surface area contributed by atoms with Gasteiger partial charge in [-0.2, -0.15) is 5.10 Å². The van der Waals surface area contributed by atoms with Crippen LogP contribution in [0.2, 0.25) is 0 Å². The number of para-hydroxylation sites is 1. The van der Waals surface area contributed by atoms with Crippen LogP contribution in [0.25, 0.3) is 0 Å². The number of hydrogen-bond acceptors (Lipinski definition) is 3. The second-order valence-corrected chi connectivity index (χ2v) is 6.67. The average Bonchev–Trinajstić information content (AvgIpc) is 3.10. The van der Waals surface area contributed by atoms with E-state index in [4.69, 9.17) is 4.74 Å². The summed E-state index contributed by atoms with van der Waals surface area (Å²) in [5.41, 5.74) is 3.46. The average molecular weight is 347 g/mol. The van der Waals surface area contributed by atoms with Gasteiger partial charge in [0.15, 0.2) is 0 Å². The van der Waals surface area contributed by atoms with Crippen LogP contribution in [0.4, 0.5) is 5.69 Å². The predicted molar refractivity (Wildman–Crippen MR) is 101 cm³/mol. The van der Waals surface area contributed by atoms with Gasteiger partial charge in [-0.05, 0) is 44.2 Å². The molecule has 0 spiro atoms. The van der Waals surface area contributed by atoms with Crippen LogP contribution in [-0.2, 0) is 6.61 Å². The SMILES string of the molecule is Cc1ccc(N2CC(C)n3nc(COc4ccccc4)cc3C2=O)cc1. The molecule has 0 saturated carbocycles. The van der Waals surface area contributed by atoms with Gasteiger partial charge in [-0.1, -0.05) is 35.9 Å². The van der Waals surface area contributed by atoms with E-state index in [-0.39, 0.29) is 11.9 Å². The van der Waals surface area contributed by atoms with Crippen LogP contribution in [0.15, 0.2) is 60.7 Å². The second kappa shape index (κ2) is 6.67. The van der Waals surface area contributed by atoms with E-state index in [9.17, 15) is 4.79 Å². The van der Waals surface area contributed by atoms with Crippen LogP contribution in [-0.4, -0.2) is 22.2 Å². The first kappa shape index (κ1) is 16.4. The Hall–Kier alpha value is -3.08. The van der Waals surface area contributed by atoms with E-state index in [1.54, 1.807) is 0 Å². The topological polar surface area (TPSA) is 47.4 Å². The third-order valence-corrected chi connectivity index (χ3v) is 4.59. The molecule has 5 heteroatoms. The molecule has 2 heterocycles. The molecule has 0 bridgehead atoms. The summed E-state index contributed by atoms with van der Waals surface area (Å²) >= 11 is 0. The molecule has 1 aliphatic rings. The molecular formula is C21H21N3O2. The van der Waals surface area contributed by atoms with Crippen LogP contribution in [0.1, 0.15) is 34.7 Å². The van der Waals surface area contributed by atoms with E-state index >= 15 is 0 Å². The van der Waals surface area contributed by atoms with E-state index in [0.29, 0.717) is 18.8 Å². The highest BCUT2D eigenvalue weighted by molar-refractivity contribution is 6.05. The Morgan fingerprint density at radius 3 is 2.58 bits per heavy atom. The molecule has 1 unspecified atom stereocenters. The highest BCUT2D eigenvalue weighted by Crippen LogP contribution is 2.27. The van der Waals surface area contributed by atoms with Gasteiger partial charge in [-0.25, -0.2) is 0 Å². The highest BCUT2D eigenvalue weighted by atomic mass is 16.5. The molecule has 26 heavy (non-hydrogen) atoms. The van der Waals surface area contributed by atoms with Crippen molar-refractivity contribution in [1.82, 2.24) is 9.78 Å². The molecule has 1 amide bonds. The van der Waals surface area contributed by atoms with Crippen LogP contribution in [0.3, 0.4) is 0 Å².